The molecule has 1 aliphatic heterocycles. The van der Waals surface area contributed by atoms with E-state index in [1.54, 1.807) is 24.3 Å². The number of nitrogens with zero attached hydrogens (tertiary/aromatic N) is 1. The summed E-state index contributed by atoms with van der Waals surface area (Å²) in [6.45, 7) is 1.36. The largest absolute Gasteiger partial charge is 0.508 e. The van der Waals surface area contributed by atoms with Gasteiger partial charge in [-0.3, -0.25) is 4.79 Å². The number of amides is 1. The standard InChI is InChI=1S/C21H23F2NO2/c22-18-10-9-16(19(23)13-18)8-7-15-4-3-11-24(14-15)21(26)12-17-5-1-2-6-20(17)25/h1-2,5-6,9-10,13,15,25H,3-4,7-8,11-12,14H2/t15-/m0/s1. The topological polar surface area (TPSA) is 40.5 Å². The first-order valence-electron chi connectivity index (χ1n) is 9.01. The highest BCUT2D eigenvalue weighted by Gasteiger charge is 2.24. The van der Waals surface area contributed by atoms with Crippen molar-refractivity contribution in [2.75, 3.05) is 13.1 Å². The van der Waals surface area contributed by atoms with Crippen LogP contribution in [-0.4, -0.2) is 29.0 Å². The lowest BCUT2D eigenvalue weighted by Crippen LogP contribution is -2.40. The van der Waals surface area contributed by atoms with Crippen molar-refractivity contribution in [3.8, 4) is 5.75 Å². The average Bonchev–Trinajstić information content (AvgIpc) is 2.63. The van der Waals surface area contributed by atoms with E-state index in [0.717, 1.165) is 25.3 Å². The van der Waals surface area contributed by atoms with Crippen molar-refractivity contribution in [3.63, 3.8) is 0 Å². The summed E-state index contributed by atoms with van der Waals surface area (Å²) in [4.78, 5) is 14.4. The minimum absolute atomic E-state index is 0.00385. The zero-order chi connectivity index (χ0) is 18.5. The van der Waals surface area contributed by atoms with E-state index in [2.05, 4.69) is 0 Å². The molecule has 1 atom stereocenters. The van der Waals surface area contributed by atoms with Gasteiger partial charge in [-0.05, 0) is 49.3 Å². The first kappa shape index (κ1) is 18.4. The average molecular weight is 359 g/mol. The number of halogens is 2. The minimum Gasteiger partial charge on any atom is -0.508 e. The number of para-hydroxylation sites is 1. The molecule has 0 aliphatic carbocycles. The normalized spacial score (nSPS) is 17.3. The highest BCUT2D eigenvalue weighted by atomic mass is 19.1. The monoisotopic (exact) mass is 359 g/mol. The SMILES string of the molecule is O=C(Cc1ccccc1O)N1CCC[C@@H](CCc2ccc(F)cc2F)C1. The van der Waals surface area contributed by atoms with E-state index in [1.165, 1.54) is 12.1 Å². The first-order chi connectivity index (χ1) is 12.5. The predicted molar refractivity (Wildman–Crippen MR) is 95.8 cm³/mol. The van der Waals surface area contributed by atoms with E-state index in [4.69, 9.17) is 0 Å². The van der Waals surface area contributed by atoms with E-state index in [9.17, 15) is 18.7 Å². The van der Waals surface area contributed by atoms with Crippen LogP contribution in [0.3, 0.4) is 0 Å². The quantitative estimate of drug-likeness (QED) is 0.874. The Kier molecular flexibility index (Phi) is 5.86. The van der Waals surface area contributed by atoms with Gasteiger partial charge in [0.1, 0.15) is 17.4 Å². The number of likely N-dealkylation sites (tertiary alicyclic amines) is 1. The number of phenolic OH excluding ortho intramolecular Hbond substituents is 1. The Morgan fingerprint density at radius 2 is 1.96 bits per heavy atom. The van der Waals surface area contributed by atoms with Crippen molar-refractivity contribution >= 4 is 5.91 Å². The van der Waals surface area contributed by atoms with Crippen molar-refractivity contribution in [2.45, 2.75) is 32.1 Å². The van der Waals surface area contributed by atoms with E-state index < -0.39 is 11.6 Å². The van der Waals surface area contributed by atoms with Gasteiger partial charge in [-0.15, -0.1) is 0 Å². The van der Waals surface area contributed by atoms with Gasteiger partial charge in [-0.25, -0.2) is 8.78 Å². The van der Waals surface area contributed by atoms with Crippen molar-refractivity contribution in [1.29, 1.82) is 0 Å². The summed E-state index contributed by atoms with van der Waals surface area (Å²) in [5, 5.41) is 9.83. The van der Waals surface area contributed by atoms with Crippen LogP contribution in [-0.2, 0) is 17.6 Å². The summed E-state index contributed by atoms with van der Waals surface area (Å²) in [5.74, 6) is -0.620. The van der Waals surface area contributed by atoms with Crippen LogP contribution in [0.15, 0.2) is 42.5 Å². The molecule has 0 aromatic heterocycles. The Labute approximate surface area is 152 Å². The summed E-state index contributed by atoms with van der Waals surface area (Å²) >= 11 is 0. The van der Waals surface area contributed by atoms with Gasteiger partial charge in [0.2, 0.25) is 5.91 Å². The van der Waals surface area contributed by atoms with E-state index >= 15 is 0 Å². The number of phenols is 1. The zero-order valence-electron chi connectivity index (χ0n) is 14.6. The van der Waals surface area contributed by atoms with E-state index in [-0.39, 0.29) is 18.1 Å². The molecule has 3 nitrogen and oxygen atoms in total. The third kappa shape index (κ3) is 4.59. The molecule has 1 fully saturated rings. The van der Waals surface area contributed by atoms with Crippen LogP contribution < -0.4 is 0 Å². The van der Waals surface area contributed by atoms with Gasteiger partial charge in [0.25, 0.3) is 0 Å². The summed E-state index contributed by atoms with van der Waals surface area (Å²) in [6, 6.07) is 10.6. The molecule has 138 valence electrons. The maximum Gasteiger partial charge on any atom is 0.227 e. The Morgan fingerprint density at radius 1 is 1.15 bits per heavy atom. The molecule has 0 saturated carbocycles. The van der Waals surface area contributed by atoms with Gasteiger partial charge in [-0.1, -0.05) is 24.3 Å². The lowest BCUT2D eigenvalue weighted by Gasteiger charge is -2.33. The van der Waals surface area contributed by atoms with Gasteiger partial charge in [0.05, 0.1) is 6.42 Å². The summed E-state index contributed by atoms with van der Waals surface area (Å²) in [6.07, 6.45) is 3.42. The second-order valence-corrected chi connectivity index (χ2v) is 6.93. The van der Waals surface area contributed by atoms with Crippen LogP contribution in [0.5, 0.6) is 5.75 Å². The van der Waals surface area contributed by atoms with Crippen LogP contribution in [0.4, 0.5) is 8.78 Å². The number of rotatable bonds is 5. The second-order valence-electron chi connectivity index (χ2n) is 6.93. The summed E-state index contributed by atoms with van der Waals surface area (Å²) in [5.41, 5.74) is 1.15. The molecule has 1 heterocycles. The summed E-state index contributed by atoms with van der Waals surface area (Å²) in [7, 11) is 0. The Balaban J connectivity index is 1.55. The van der Waals surface area contributed by atoms with Gasteiger partial charge >= 0.3 is 0 Å². The third-order valence-corrected chi connectivity index (χ3v) is 5.04. The molecule has 0 radical (unpaired) electrons. The van der Waals surface area contributed by atoms with Crippen LogP contribution >= 0.6 is 0 Å². The molecule has 2 aromatic rings. The number of piperidine rings is 1. The number of carbonyl (C=O) groups is 1. The molecule has 0 unspecified atom stereocenters. The molecule has 26 heavy (non-hydrogen) atoms. The van der Waals surface area contributed by atoms with Gasteiger partial charge in [0, 0.05) is 24.7 Å². The Bertz CT molecular complexity index is 778. The van der Waals surface area contributed by atoms with E-state index in [0.29, 0.717) is 36.6 Å². The molecule has 3 rings (SSSR count). The van der Waals surface area contributed by atoms with Crippen LogP contribution in [0.25, 0.3) is 0 Å². The second kappa shape index (κ2) is 8.30. The highest BCUT2D eigenvalue weighted by molar-refractivity contribution is 5.79. The zero-order valence-corrected chi connectivity index (χ0v) is 14.6. The number of aromatic hydroxyl groups is 1. The molecule has 1 aliphatic rings. The fraction of sp³-hybridized carbons (Fsp3) is 0.381. The lowest BCUT2D eigenvalue weighted by molar-refractivity contribution is -0.132. The molecule has 1 N–H and O–H groups in total. The van der Waals surface area contributed by atoms with E-state index in [1.807, 2.05) is 4.90 Å². The van der Waals surface area contributed by atoms with Gasteiger partial charge < -0.3 is 10.0 Å². The fourth-order valence-electron chi connectivity index (χ4n) is 3.55. The molecule has 5 heteroatoms. The number of benzene rings is 2. The molecule has 1 saturated heterocycles. The molecule has 0 bridgehead atoms. The molecule has 1 amide bonds. The maximum atomic E-state index is 13.8. The lowest BCUT2D eigenvalue weighted by atomic mass is 9.91. The maximum absolute atomic E-state index is 13.8. The first-order valence-corrected chi connectivity index (χ1v) is 9.01. The summed E-state index contributed by atoms with van der Waals surface area (Å²) < 4.78 is 26.7. The van der Waals surface area contributed by atoms with Gasteiger partial charge in [0.15, 0.2) is 0 Å². The third-order valence-electron chi connectivity index (χ3n) is 5.04. The van der Waals surface area contributed by atoms with Crippen molar-refractivity contribution in [2.24, 2.45) is 5.92 Å². The number of carbonyl (C=O) groups excluding carboxylic acids is 1. The fourth-order valence-corrected chi connectivity index (χ4v) is 3.55. The van der Waals surface area contributed by atoms with Crippen molar-refractivity contribution in [3.05, 3.63) is 65.2 Å². The molecule has 2 aromatic carbocycles. The van der Waals surface area contributed by atoms with Gasteiger partial charge in [-0.2, -0.15) is 0 Å². The molecular formula is C21H23F2NO2. The number of hydrogen-bond donors (Lipinski definition) is 1. The van der Waals surface area contributed by atoms with Crippen LogP contribution in [0.1, 0.15) is 30.4 Å². The van der Waals surface area contributed by atoms with Crippen LogP contribution in [0, 0.1) is 17.6 Å². The Hall–Kier alpha value is -2.43. The smallest absolute Gasteiger partial charge is 0.227 e. The number of aryl methyl sites for hydroxylation is 1. The minimum atomic E-state index is -0.565. The van der Waals surface area contributed by atoms with Crippen molar-refractivity contribution < 1.29 is 18.7 Å². The number of hydrogen-bond acceptors (Lipinski definition) is 2. The predicted octanol–water partition coefficient (Wildman–Crippen LogP) is 4.08. The molecule has 0 spiro atoms. The highest BCUT2D eigenvalue weighted by Crippen LogP contribution is 2.24. The van der Waals surface area contributed by atoms with Crippen molar-refractivity contribution in [1.82, 2.24) is 4.90 Å². The molecular weight excluding hydrogens is 336 g/mol. The van der Waals surface area contributed by atoms with Crippen LogP contribution in [0.2, 0.25) is 0 Å². The Morgan fingerprint density at radius 3 is 2.73 bits per heavy atom.